The first-order chi connectivity index (χ1) is 8.41. The van der Waals surface area contributed by atoms with E-state index in [0.717, 1.165) is 12.1 Å². The minimum Gasteiger partial charge on any atom is -0.492 e. The van der Waals surface area contributed by atoms with E-state index in [1.165, 1.54) is 12.1 Å². The Hall–Kier alpha value is -1.62. The zero-order valence-corrected chi connectivity index (χ0v) is 11.3. The molecule has 0 radical (unpaired) electrons. The Morgan fingerprint density at radius 2 is 2.06 bits per heavy atom. The number of rotatable bonds is 6. The van der Waals surface area contributed by atoms with Crippen molar-refractivity contribution in [3.8, 4) is 5.75 Å². The maximum atomic E-state index is 10.8. The number of nitro benzene ring substituents is 1. The maximum Gasteiger partial charge on any atom is 0.273 e. The maximum absolute atomic E-state index is 10.8. The third-order valence-electron chi connectivity index (χ3n) is 2.63. The fourth-order valence-corrected chi connectivity index (χ4v) is 1.58. The second-order valence-corrected chi connectivity index (χ2v) is 4.79. The SMILES string of the molecule is CC(C)c1ccc([N+](=O)[O-])cc1OCCN(C)C. The van der Waals surface area contributed by atoms with Gasteiger partial charge in [0.15, 0.2) is 0 Å². The van der Waals surface area contributed by atoms with E-state index in [2.05, 4.69) is 0 Å². The van der Waals surface area contributed by atoms with Crippen molar-refractivity contribution in [2.24, 2.45) is 0 Å². The number of hydrogen-bond donors (Lipinski definition) is 0. The van der Waals surface area contributed by atoms with E-state index in [0.29, 0.717) is 12.4 Å². The summed E-state index contributed by atoms with van der Waals surface area (Å²) in [4.78, 5) is 12.4. The molecule has 5 heteroatoms. The first-order valence-corrected chi connectivity index (χ1v) is 5.97. The first-order valence-electron chi connectivity index (χ1n) is 5.97. The number of benzene rings is 1. The monoisotopic (exact) mass is 252 g/mol. The molecule has 0 fully saturated rings. The molecule has 0 saturated carbocycles. The van der Waals surface area contributed by atoms with Crippen LogP contribution in [0.5, 0.6) is 5.75 Å². The summed E-state index contributed by atoms with van der Waals surface area (Å²) in [6.45, 7) is 5.38. The minimum absolute atomic E-state index is 0.0688. The molecule has 0 spiro atoms. The first kappa shape index (κ1) is 14.4. The summed E-state index contributed by atoms with van der Waals surface area (Å²) in [7, 11) is 3.92. The number of nitro groups is 1. The van der Waals surface area contributed by atoms with Gasteiger partial charge in [-0.2, -0.15) is 0 Å². The number of likely N-dealkylation sites (N-methyl/N-ethyl adjacent to an activating group) is 1. The molecule has 0 aliphatic heterocycles. The summed E-state index contributed by atoms with van der Waals surface area (Å²) >= 11 is 0. The topological polar surface area (TPSA) is 55.6 Å². The van der Waals surface area contributed by atoms with Crippen LogP contribution in [0.4, 0.5) is 5.69 Å². The van der Waals surface area contributed by atoms with E-state index in [-0.39, 0.29) is 11.6 Å². The normalized spacial score (nSPS) is 11.0. The van der Waals surface area contributed by atoms with Crippen LogP contribution in [0.1, 0.15) is 25.3 Å². The molecule has 0 aliphatic rings. The van der Waals surface area contributed by atoms with E-state index >= 15 is 0 Å². The van der Waals surface area contributed by atoms with Crippen LogP contribution < -0.4 is 4.74 Å². The smallest absolute Gasteiger partial charge is 0.273 e. The van der Waals surface area contributed by atoms with E-state index in [1.54, 1.807) is 6.07 Å². The summed E-state index contributed by atoms with van der Waals surface area (Å²) in [6, 6.07) is 4.80. The highest BCUT2D eigenvalue weighted by Gasteiger charge is 2.14. The number of ether oxygens (including phenoxy) is 1. The zero-order chi connectivity index (χ0) is 13.7. The molecule has 5 nitrogen and oxygen atoms in total. The number of nitrogens with zero attached hydrogens (tertiary/aromatic N) is 2. The highest BCUT2D eigenvalue weighted by molar-refractivity contribution is 5.45. The van der Waals surface area contributed by atoms with E-state index in [1.807, 2.05) is 32.8 Å². The Bertz CT molecular complexity index is 417. The number of hydrogen-bond acceptors (Lipinski definition) is 4. The van der Waals surface area contributed by atoms with Crippen LogP contribution in [0, 0.1) is 10.1 Å². The van der Waals surface area contributed by atoms with Crippen molar-refractivity contribution in [3.05, 3.63) is 33.9 Å². The van der Waals surface area contributed by atoms with Crippen molar-refractivity contribution in [3.63, 3.8) is 0 Å². The van der Waals surface area contributed by atoms with Crippen molar-refractivity contribution in [1.82, 2.24) is 4.90 Å². The molecule has 0 bridgehead atoms. The lowest BCUT2D eigenvalue weighted by molar-refractivity contribution is -0.385. The Morgan fingerprint density at radius 1 is 1.39 bits per heavy atom. The minimum atomic E-state index is -0.400. The van der Waals surface area contributed by atoms with E-state index < -0.39 is 4.92 Å². The lowest BCUT2D eigenvalue weighted by Crippen LogP contribution is -2.19. The van der Waals surface area contributed by atoms with Gasteiger partial charge < -0.3 is 9.64 Å². The van der Waals surface area contributed by atoms with Gasteiger partial charge in [-0.15, -0.1) is 0 Å². The standard InChI is InChI=1S/C13H20N2O3/c1-10(2)12-6-5-11(15(16)17)9-13(12)18-8-7-14(3)4/h5-6,9-10H,7-8H2,1-4H3. The molecular weight excluding hydrogens is 232 g/mol. The highest BCUT2D eigenvalue weighted by Crippen LogP contribution is 2.30. The van der Waals surface area contributed by atoms with E-state index in [9.17, 15) is 10.1 Å². The summed E-state index contributed by atoms with van der Waals surface area (Å²) in [5, 5.41) is 10.8. The van der Waals surface area contributed by atoms with Gasteiger partial charge in [0.05, 0.1) is 11.0 Å². The highest BCUT2D eigenvalue weighted by atomic mass is 16.6. The average Bonchev–Trinajstić information content (AvgIpc) is 2.27. The summed E-state index contributed by atoms with van der Waals surface area (Å²) < 4.78 is 5.65. The molecule has 0 unspecified atom stereocenters. The van der Waals surface area contributed by atoms with Gasteiger partial charge in [-0.05, 0) is 31.6 Å². The molecule has 100 valence electrons. The molecule has 0 N–H and O–H groups in total. The van der Waals surface area contributed by atoms with Crippen molar-refractivity contribution >= 4 is 5.69 Å². The summed E-state index contributed by atoms with van der Waals surface area (Å²) in [5.41, 5.74) is 1.07. The second-order valence-electron chi connectivity index (χ2n) is 4.79. The Labute approximate surface area is 108 Å². The molecule has 1 aromatic carbocycles. The predicted molar refractivity (Wildman–Crippen MR) is 71.2 cm³/mol. The van der Waals surface area contributed by atoms with Crippen LogP contribution >= 0.6 is 0 Å². The van der Waals surface area contributed by atoms with Gasteiger partial charge in [-0.3, -0.25) is 10.1 Å². The fourth-order valence-electron chi connectivity index (χ4n) is 1.58. The van der Waals surface area contributed by atoms with Crippen molar-refractivity contribution < 1.29 is 9.66 Å². The van der Waals surface area contributed by atoms with Gasteiger partial charge in [0.25, 0.3) is 5.69 Å². The summed E-state index contributed by atoms with van der Waals surface area (Å²) in [5.74, 6) is 0.890. The van der Waals surface area contributed by atoms with Crippen LogP contribution in [0.25, 0.3) is 0 Å². The third-order valence-corrected chi connectivity index (χ3v) is 2.63. The van der Waals surface area contributed by atoms with Crippen molar-refractivity contribution in [1.29, 1.82) is 0 Å². The van der Waals surface area contributed by atoms with E-state index in [4.69, 9.17) is 4.74 Å². The van der Waals surface area contributed by atoms with Crippen LogP contribution in [-0.4, -0.2) is 37.1 Å². The van der Waals surface area contributed by atoms with Crippen LogP contribution in [0.2, 0.25) is 0 Å². The zero-order valence-electron chi connectivity index (χ0n) is 11.3. The molecular formula is C13H20N2O3. The molecule has 18 heavy (non-hydrogen) atoms. The van der Waals surface area contributed by atoms with Gasteiger partial charge in [0.1, 0.15) is 12.4 Å². The molecule has 0 aliphatic carbocycles. The second kappa shape index (κ2) is 6.35. The van der Waals surface area contributed by atoms with Gasteiger partial charge in [0, 0.05) is 12.6 Å². The summed E-state index contributed by atoms with van der Waals surface area (Å²) in [6.07, 6.45) is 0. The quantitative estimate of drug-likeness (QED) is 0.577. The van der Waals surface area contributed by atoms with Crippen molar-refractivity contribution in [2.45, 2.75) is 19.8 Å². The Kier molecular flexibility index (Phi) is 5.09. The van der Waals surface area contributed by atoms with Gasteiger partial charge >= 0.3 is 0 Å². The molecule has 0 amide bonds. The Morgan fingerprint density at radius 3 is 2.56 bits per heavy atom. The number of non-ortho nitro benzene ring substituents is 1. The Balaban J connectivity index is 2.89. The lowest BCUT2D eigenvalue weighted by Gasteiger charge is -2.15. The third kappa shape index (κ3) is 4.00. The molecule has 0 atom stereocenters. The molecule has 1 aromatic rings. The largest absolute Gasteiger partial charge is 0.492 e. The lowest BCUT2D eigenvalue weighted by atomic mass is 10.0. The van der Waals surface area contributed by atoms with Gasteiger partial charge in [-0.25, -0.2) is 0 Å². The fraction of sp³-hybridized carbons (Fsp3) is 0.538. The van der Waals surface area contributed by atoms with Crippen LogP contribution in [0.3, 0.4) is 0 Å². The van der Waals surface area contributed by atoms with Gasteiger partial charge in [0.2, 0.25) is 0 Å². The average molecular weight is 252 g/mol. The molecule has 0 saturated heterocycles. The van der Waals surface area contributed by atoms with Crippen LogP contribution in [-0.2, 0) is 0 Å². The predicted octanol–water partition coefficient (Wildman–Crippen LogP) is 2.66. The van der Waals surface area contributed by atoms with Crippen LogP contribution in [0.15, 0.2) is 18.2 Å². The van der Waals surface area contributed by atoms with Crippen molar-refractivity contribution in [2.75, 3.05) is 27.2 Å². The molecule has 1 rings (SSSR count). The van der Waals surface area contributed by atoms with Gasteiger partial charge in [-0.1, -0.05) is 13.8 Å². The molecule has 0 aromatic heterocycles. The molecule has 0 heterocycles.